The molecule has 0 atom stereocenters. The smallest absolute Gasteiger partial charge is 0.383 e. The molecule has 0 aliphatic rings. The number of carbonyl (C=O) groups excluding carboxylic acids is 1. The molecule has 0 saturated carbocycles. The Morgan fingerprint density at radius 1 is 1.14 bits per heavy atom. The van der Waals surface area contributed by atoms with Crippen molar-refractivity contribution in [3.8, 4) is 0 Å². The van der Waals surface area contributed by atoms with Gasteiger partial charge in [0.2, 0.25) is 0 Å². The standard InChI is InChI=1S/C21H19ClF3NO2/c1-28-12-11-26-13-16(20-17(22)3-2-4-18(20)26)19(27)10-7-14-5-8-15(9-6-14)21(23,24)25/h2-6,8-9,13H,7,10-12H2,1H3. The van der Waals surface area contributed by atoms with Crippen LogP contribution in [0.2, 0.25) is 5.02 Å². The number of halogens is 4. The van der Waals surface area contributed by atoms with Gasteiger partial charge in [0.1, 0.15) is 0 Å². The number of ether oxygens (including phenoxy) is 1. The van der Waals surface area contributed by atoms with Crippen LogP contribution in [0.3, 0.4) is 0 Å². The van der Waals surface area contributed by atoms with E-state index in [0.717, 1.165) is 17.6 Å². The van der Waals surface area contributed by atoms with Crippen molar-refractivity contribution in [1.29, 1.82) is 0 Å². The third-order valence-corrected chi connectivity index (χ3v) is 4.93. The van der Waals surface area contributed by atoms with E-state index in [0.29, 0.717) is 41.1 Å². The minimum atomic E-state index is -4.37. The SMILES string of the molecule is COCCn1cc(C(=O)CCc2ccc(C(F)(F)F)cc2)c2c(Cl)cccc21. The maximum atomic E-state index is 12.8. The second-order valence-electron chi connectivity index (χ2n) is 6.48. The van der Waals surface area contributed by atoms with Crippen molar-refractivity contribution >= 4 is 28.3 Å². The highest BCUT2D eigenvalue weighted by Crippen LogP contribution is 2.31. The molecule has 3 aromatic rings. The number of aromatic nitrogens is 1. The molecule has 0 saturated heterocycles. The average Bonchev–Trinajstić information content (AvgIpc) is 3.04. The number of carbonyl (C=O) groups is 1. The lowest BCUT2D eigenvalue weighted by Crippen LogP contribution is -2.05. The van der Waals surface area contributed by atoms with Gasteiger partial charge in [0, 0.05) is 37.2 Å². The van der Waals surface area contributed by atoms with E-state index in [1.807, 2.05) is 16.7 Å². The number of ketones is 1. The molecule has 0 aliphatic carbocycles. The van der Waals surface area contributed by atoms with Crippen LogP contribution < -0.4 is 0 Å². The van der Waals surface area contributed by atoms with Crippen LogP contribution in [0.4, 0.5) is 13.2 Å². The van der Waals surface area contributed by atoms with Crippen molar-refractivity contribution in [3.63, 3.8) is 0 Å². The van der Waals surface area contributed by atoms with Gasteiger partial charge in [0.25, 0.3) is 0 Å². The van der Waals surface area contributed by atoms with Crippen LogP contribution in [0.25, 0.3) is 10.9 Å². The molecule has 28 heavy (non-hydrogen) atoms. The van der Waals surface area contributed by atoms with Gasteiger partial charge in [-0.15, -0.1) is 0 Å². The van der Waals surface area contributed by atoms with Gasteiger partial charge in [-0.2, -0.15) is 13.2 Å². The van der Waals surface area contributed by atoms with E-state index in [1.165, 1.54) is 12.1 Å². The van der Waals surface area contributed by atoms with E-state index >= 15 is 0 Å². The van der Waals surface area contributed by atoms with Crippen molar-refractivity contribution in [1.82, 2.24) is 4.57 Å². The highest BCUT2D eigenvalue weighted by Gasteiger charge is 2.29. The first-order valence-electron chi connectivity index (χ1n) is 8.77. The summed E-state index contributed by atoms with van der Waals surface area (Å²) in [7, 11) is 1.61. The number of aryl methyl sites for hydroxylation is 1. The van der Waals surface area contributed by atoms with Crippen LogP contribution >= 0.6 is 11.6 Å². The zero-order valence-corrected chi connectivity index (χ0v) is 16.0. The summed E-state index contributed by atoms with van der Waals surface area (Å²) in [5, 5.41) is 1.18. The van der Waals surface area contributed by atoms with Crippen molar-refractivity contribution < 1.29 is 22.7 Å². The summed E-state index contributed by atoms with van der Waals surface area (Å²) in [5.74, 6) is -0.103. The van der Waals surface area contributed by atoms with Gasteiger partial charge in [-0.1, -0.05) is 29.8 Å². The number of benzene rings is 2. The molecule has 3 rings (SSSR count). The third-order valence-electron chi connectivity index (χ3n) is 4.61. The van der Waals surface area contributed by atoms with Crippen LogP contribution in [0.5, 0.6) is 0 Å². The maximum Gasteiger partial charge on any atom is 0.416 e. The Labute approximate surface area is 165 Å². The first kappa shape index (κ1) is 20.4. The summed E-state index contributed by atoms with van der Waals surface area (Å²) in [4.78, 5) is 12.8. The second kappa shape index (κ2) is 8.37. The van der Waals surface area contributed by atoms with E-state index in [2.05, 4.69) is 0 Å². The Morgan fingerprint density at radius 2 is 1.86 bits per heavy atom. The van der Waals surface area contributed by atoms with Crippen molar-refractivity contribution in [3.05, 3.63) is 70.4 Å². The van der Waals surface area contributed by atoms with E-state index in [1.54, 1.807) is 19.4 Å². The summed E-state index contributed by atoms with van der Waals surface area (Å²) in [5.41, 5.74) is 1.34. The zero-order chi connectivity index (χ0) is 20.3. The van der Waals surface area contributed by atoms with Crippen LogP contribution in [0.1, 0.15) is 27.9 Å². The fraction of sp³-hybridized carbons (Fsp3) is 0.286. The Bertz CT molecular complexity index is 978. The minimum absolute atomic E-state index is 0.103. The lowest BCUT2D eigenvalue weighted by Gasteiger charge is -2.07. The molecule has 1 aromatic heterocycles. The number of alkyl halides is 3. The Morgan fingerprint density at radius 3 is 2.50 bits per heavy atom. The molecule has 0 fully saturated rings. The van der Waals surface area contributed by atoms with Gasteiger partial charge in [0.15, 0.2) is 5.78 Å². The molecule has 2 aromatic carbocycles. The molecule has 0 amide bonds. The van der Waals surface area contributed by atoms with E-state index in [4.69, 9.17) is 16.3 Å². The van der Waals surface area contributed by atoms with Gasteiger partial charge < -0.3 is 9.30 Å². The van der Waals surface area contributed by atoms with Gasteiger partial charge in [-0.25, -0.2) is 0 Å². The largest absolute Gasteiger partial charge is 0.416 e. The Balaban J connectivity index is 1.80. The summed E-state index contributed by atoms with van der Waals surface area (Å²) in [6, 6.07) is 10.3. The van der Waals surface area contributed by atoms with E-state index < -0.39 is 11.7 Å². The zero-order valence-electron chi connectivity index (χ0n) is 15.2. The monoisotopic (exact) mass is 409 g/mol. The summed E-state index contributed by atoms with van der Waals surface area (Å²) in [6.07, 6.45) is -2.06. The number of rotatable bonds is 7. The molecule has 0 aliphatic heterocycles. The van der Waals surface area contributed by atoms with E-state index in [9.17, 15) is 18.0 Å². The summed E-state index contributed by atoms with van der Waals surface area (Å²) >= 11 is 6.33. The van der Waals surface area contributed by atoms with Gasteiger partial charge >= 0.3 is 6.18 Å². The highest BCUT2D eigenvalue weighted by molar-refractivity contribution is 6.37. The number of hydrogen-bond acceptors (Lipinski definition) is 2. The predicted octanol–water partition coefficient (Wildman–Crippen LogP) is 5.78. The Kier molecular flexibility index (Phi) is 6.10. The molecule has 0 bridgehead atoms. The molecule has 0 spiro atoms. The molecule has 7 heteroatoms. The predicted molar refractivity (Wildman–Crippen MR) is 103 cm³/mol. The fourth-order valence-electron chi connectivity index (χ4n) is 3.15. The number of nitrogens with zero attached hydrogens (tertiary/aromatic N) is 1. The van der Waals surface area contributed by atoms with Crippen molar-refractivity contribution in [2.75, 3.05) is 13.7 Å². The molecule has 1 heterocycles. The summed E-state index contributed by atoms with van der Waals surface area (Å²) in [6.45, 7) is 1.08. The molecule has 0 unspecified atom stereocenters. The molecular formula is C21H19ClF3NO2. The second-order valence-corrected chi connectivity index (χ2v) is 6.89. The van der Waals surface area contributed by atoms with Crippen molar-refractivity contribution in [2.45, 2.75) is 25.6 Å². The van der Waals surface area contributed by atoms with Crippen LogP contribution in [0.15, 0.2) is 48.7 Å². The first-order valence-corrected chi connectivity index (χ1v) is 9.14. The third kappa shape index (κ3) is 4.39. The topological polar surface area (TPSA) is 31.2 Å². The quantitative estimate of drug-likeness (QED) is 0.463. The molecule has 148 valence electrons. The first-order chi connectivity index (χ1) is 13.3. The maximum absolute atomic E-state index is 12.8. The molecule has 0 N–H and O–H groups in total. The average molecular weight is 410 g/mol. The lowest BCUT2D eigenvalue weighted by atomic mass is 10.0. The lowest BCUT2D eigenvalue weighted by molar-refractivity contribution is -0.137. The minimum Gasteiger partial charge on any atom is -0.383 e. The number of fused-ring (bicyclic) bond motifs is 1. The molecule has 3 nitrogen and oxygen atoms in total. The number of methoxy groups -OCH3 is 1. The highest BCUT2D eigenvalue weighted by atomic mass is 35.5. The van der Waals surface area contributed by atoms with Gasteiger partial charge in [-0.05, 0) is 36.2 Å². The van der Waals surface area contributed by atoms with Gasteiger partial charge in [0.05, 0.1) is 22.7 Å². The summed E-state index contributed by atoms with van der Waals surface area (Å²) < 4.78 is 45.0. The number of Topliss-reactive ketones (excluding diaryl/α,β-unsaturated/α-hetero) is 1. The van der Waals surface area contributed by atoms with Crippen LogP contribution in [-0.4, -0.2) is 24.1 Å². The Hall–Kier alpha value is -2.31. The molecule has 0 radical (unpaired) electrons. The number of hydrogen-bond donors (Lipinski definition) is 0. The van der Waals surface area contributed by atoms with Crippen LogP contribution in [-0.2, 0) is 23.9 Å². The van der Waals surface area contributed by atoms with Crippen molar-refractivity contribution in [2.24, 2.45) is 0 Å². The molecular weight excluding hydrogens is 391 g/mol. The van der Waals surface area contributed by atoms with E-state index in [-0.39, 0.29) is 12.2 Å². The van der Waals surface area contributed by atoms with Gasteiger partial charge in [-0.3, -0.25) is 4.79 Å². The normalized spacial score (nSPS) is 11.9. The fourth-order valence-corrected chi connectivity index (χ4v) is 3.42. The van der Waals surface area contributed by atoms with Crippen LogP contribution in [0, 0.1) is 0 Å².